The number of fused-ring (bicyclic) bond motifs is 1. The maximum Gasteiger partial charge on any atom is 0.255 e. The van der Waals surface area contributed by atoms with Gasteiger partial charge in [0.2, 0.25) is 5.95 Å². The Morgan fingerprint density at radius 1 is 1.33 bits per heavy atom. The number of rotatable bonds is 4. The molecule has 0 fully saturated rings. The molecule has 2 aromatic heterocycles. The number of H-pyrrole nitrogens is 1. The van der Waals surface area contributed by atoms with Crippen LogP contribution in [-0.4, -0.2) is 34.5 Å². The smallest absolute Gasteiger partial charge is 0.255 e. The van der Waals surface area contributed by atoms with Gasteiger partial charge in [-0.25, -0.2) is 9.97 Å². The number of anilines is 3. The van der Waals surface area contributed by atoms with Crippen molar-refractivity contribution in [2.24, 2.45) is 0 Å². The molecule has 5 N–H and O–H groups in total. The fourth-order valence-electron chi connectivity index (χ4n) is 3.11. The van der Waals surface area contributed by atoms with Gasteiger partial charge in [0.1, 0.15) is 5.75 Å². The van der Waals surface area contributed by atoms with E-state index in [-0.39, 0.29) is 11.9 Å². The van der Waals surface area contributed by atoms with Crippen molar-refractivity contribution in [1.29, 1.82) is 0 Å². The predicted octanol–water partition coefficient (Wildman–Crippen LogP) is 2.75. The molecule has 1 aromatic carbocycles. The van der Waals surface area contributed by atoms with Crippen molar-refractivity contribution in [3.63, 3.8) is 0 Å². The highest BCUT2D eigenvalue weighted by molar-refractivity contribution is 6.31. The highest BCUT2D eigenvalue weighted by atomic mass is 35.5. The molecule has 9 heteroatoms. The molecule has 0 saturated heterocycles. The topological polar surface area (TPSA) is 118 Å². The third-order valence-corrected chi connectivity index (χ3v) is 4.49. The number of carbonyl (C=O) groups excluding carboxylic acids is 1. The van der Waals surface area contributed by atoms with Gasteiger partial charge >= 0.3 is 0 Å². The summed E-state index contributed by atoms with van der Waals surface area (Å²) in [5.74, 6) is 0.601. The van der Waals surface area contributed by atoms with Gasteiger partial charge in [0.25, 0.3) is 5.91 Å². The average molecular weight is 385 g/mol. The highest BCUT2D eigenvalue weighted by Crippen LogP contribution is 2.37. The molecule has 0 spiro atoms. The van der Waals surface area contributed by atoms with Crippen LogP contribution in [0.1, 0.15) is 16.1 Å². The van der Waals surface area contributed by atoms with E-state index in [0.29, 0.717) is 52.1 Å². The van der Waals surface area contributed by atoms with Crippen molar-refractivity contribution < 1.29 is 9.53 Å². The summed E-state index contributed by atoms with van der Waals surface area (Å²) < 4.78 is 5.27. The maximum absolute atomic E-state index is 12.5. The largest absolute Gasteiger partial charge is 0.497 e. The van der Waals surface area contributed by atoms with E-state index in [2.05, 4.69) is 25.6 Å². The summed E-state index contributed by atoms with van der Waals surface area (Å²) in [6, 6.07) is 6.99. The van der Waals surface area contributed by atoms with Crippen LogP contribution in [0.15, 0.2) is 30.5 Å². The number of carbonyl (C=O) groups is 1. The highest BCUT2D eigenvalue weighted by Gasteiger charge is 2.27. The number of methoxy groups -OCH3 is 1. The minimum absolute atomic E-state index is 0.153. The Morgan fingerprint density at radius 2 is 2.19 bits per heavy atom. The minimum atomic E-state index is -0.155. The second kappa shape index (κ2) is 6.81. The van der Waals surface area contributed by atoms with Crippen molar-refractivity contribution in [2.45, 2.75) is 6.42 Å². The summed E-state index contributed by atoms with van der Waals surface area (Å²) in [7, 11) is 1.57. The monoisotopic (exact) mass is 384 g/mol. The maximum atomic E-state index is 12.5. The second-order valence-electron chi connectivity index (χ2n) is 6.04. The first kappa shape index (κ1) is 17.2. The Labute approximate surface area is 160 Å². The van der Waals surface area contributed by atoms with E-state index in [9.17, 15) is 4.79 Å². The molecule has 0 aliphatic carbocycles. The average Bonchev–Trinajstić information content (AvgIpc) is 3.01. The first-order valence-electron chi connectivity index (χ1n) is 8.28. The molecule has 1 aliphatic heterocycles. The summed E-state index contributed by atoms with van der Waals surface area (Å²) >= 11 is 6.17. The lowest BCUT2D eigenvalue weighted by molar-refractivity contribution is 0.0947. The van der Waals surface area contributed by atoms with E-state index in [0.717, 1.165) is 5.69 Å². The van der Waals surface area contributed by atoms with E-state index < -0.39 is 0 Å². The van der Waals surface area contributed by atoms with Crippen molar-refractivity contribution in [3.8, 4) is 17.1 Å². The zero-order valence-corrected chi connectivity index (χ0v) is 15.2. The number of aromatic amines is 1. The molecule has 8 nitrogen and oxygen atoms in total. The van der Waals surface area contributed by atoms with Crippen molar-refractivity contribution in [1.82, 2.24) is 20.3 Å². The lowest BCUT2D eigenvalue weighted by Crippen LogP contribution is -2.31. The number of hydrogen-bond donors (Lipinski definition) is 4. The molecule has 0 bridgehead atoms. The molecule has 0 unspecified atom stereocenters. The number of aromatic nitrogens is 3. The fourth-order valence-corrected chi connectivity index (χ4v) is 3.33. The molecule has 0 radical (unpaired) electrons. The first-order valence-corrected chi connectivity index (χ1v) is 8.66. The molecular formula is C18H17ClN6O2. The van der Waals surface area contributed by atoms with Crippen LogP contribution in [0.25, 0.3) is 11.4 Å². The van der Waals surface area contributed by atoms with Crippen LogP contribution < -0.4 is 21.1 Å². The number of ether oxygens (including phenoxy) is 1. The molecular weight excluding hydrogens is 368 g/mol. The zero-order chi connectivity index (χ0) is 19.0. The third kappa shape index (κ3) is 3.26. The molecule has 3 aromatic rings. The Hall–Kier alpha value is -3.26. The number of hydrogen-bond acceptors (Lipinski definition) is 6. The normalized spacial score (nSPS) is 13.0. The number of amides is 1. The number of halogens is 1. The summed E-state index contributed by atoms with van der Waals surface area (Å²) in [5, 5.41) is 6.67. The van der Waals surface area contributed by atoms with Gasteiger partial charge in [-0.05, 0) is 18.2 Å². The van der Waals surface area contributed by atoms with Crippen molar-refractivity contribution in [3.05, 3.63) is 46.7 Å². The zero-order valence-electron chi connectivity index (χ0n) is 14.5. The van der Waals surface area contributed by atoms with Gasteiger partial charge in [-0.15, -0.1) is 0 Å². The lowest BCUT2D eigenvalue weighted by atomic mass is 10.1. The minimum Gasteiger partial charge on any atom is -0.497 e. The van der Waals surface area contributed by atoms with E-state index in [1.807, 2.05) is 0 Å². The number of nitrogen functional groups attached to an aromatic ring is 1. The SMILES string of the molecule is COc1cc(Cl)cc(Nc2c(-c3ccnc(N)n3)[nH]c3c2C(=O)NCC3)c1. The molecule has 1 aliphatic rings. The standard InChI is InChI=1S/C18H17ClN6O2/c1-27-11-7-9(19)6-10(8-11)23-16-14-12(2-4-21-17(14)26)24-15(16)13-3-5-22-18(20)25-13/h3,5-8,23-24H,2,4H2,1H3,(H,21,26)(H2,20,22,25). The number of benzene rings is 1. The van der Waals surface area contributed by atoms with E-state index >= 15 is 0 Å². The molecule has 138 valence electrons. The molecule has 4 rings (SSSR count). The van der Waals surface area contributed by atoms with Gasteiger partial charge in [0.05, 0.1) is 29.7 Å². The summed E-state index contributed by atoms with van der Waals surface area (Å²) in [4.78, 5) is 24.0. The fraction of sp³-hybridized carbons (Fsp3) is 0.167. The molecule has 1 amide bonds. The number of nitrogens with one attached hydrogen (secondary N) is 3. The Kier molecular flexibility index (Phi) is 4.33. The Morgan fingerprint density at radius 3 is 2.96 bits per heavy atom. The van der Waals surface area contributed by atoms with E-state index in [4.69, 9.17) is 22.1 Å². The van der Waals surface area contributed by atoms with Crippen LogP contribution in [0, 0.1) is 0 Å². The van der Waals surface area contributed by atoms with E-state index in [1.54, 1.807) is 37.6 Å². The molecule has 0 atom stereocenters. The Balaban J connectivity index is 1.86. The first-order chi connectivity index (χ1) is 13.0. The summed E-state index contributed by atoms with van der Waals surface area (Å²) in [5.41, 5.74) is 9.65. The van der Waals surface area contributed by atoms with Crippen molar-refractivity contribution >= 4 is 34.8 Å². The van der Waals surface area contributed by atoms with Gasteiger partial charge in [-0.3, -0.25) is 4.79 Å². The quantitative estimate of drug-likeness (QED) is 0.549. The van der Waals surface area contributed by atoms with Crippen LogP contribution in [0.5, 0.6) is 5.75 Å². The summed E-state index contributed by atoms with van der Waals surface area (Å²) in [6.07, 6.45) is 2.26. The summed E-state index contributed by atoms with van der Waals surface area (Å²) in [6.45, 7) is 0.572. The van der Waals surface area contributed by atoms with E-state index in [1.165, 1.54) is 0 Å². The number of nitrogens with two attached hydrogens (primary N) is 1. The lowest BCUT2D eigenvalue weighted by Gasteiger charge is -2.15. The van der Waals surface area contributed by atoms with Crippen LogP contribution >= 0.6 is 11.6 Å². The van der Waals surface area contributed by atoms with Crippen LogP contribution in [0.4, 0.5) is 17.3 Å². The second-order valence-corrected chi connectivity index (χ2v) is 6.48. The van der Waals surface area contributed by atoms with Crippen LogP contribution in [0.2, 0.25) is 5.02 Å². The molecule has 27 heavy (non-hydrogen) atoms. The van der Waals surface area contributed by atoms with Gasteiger partial charge in [0, 0.05) is 41.6 Å². The van der Waals surface area contributed by atoms with Gasteiger partial charge < -0.3 is 26.1 Å². The predicted molar refractivity (Wildman–Crippen MR) is 104 cm³/mol. The van der Waals surface area contributed by atoms with Gasteiger partial charge in [-0.1, -0.05) is 11.6 Å². The van der Waals surface area contributed by atoms with Gasteiger partial charge in [0.15, 0.2) is 0 Å². The third-order valence-electron chi connectivity index (χ3n) is 4.27. The molecule has 3 heterocycles. The van der Waals surface area contributed by atoms with Crippen LogP contribution in [0.3, 0.4) is 0 Å². The molecule has 0 saturated carbocycles. The number of nitrogens with zero attached hydrogens (tertiary/aromatic N) is 2. The van der Waals surface area contributed by atoms with Crippen LogP contribution in [-0.2, 0) is 6.42 Å². The van der Waals surface area contributed by atoms with Gasteiger partial charge in [-0.2, -0.15) is 0 Å². The Bertz CT molecular complexity index is 1030. The van der Waals surface area contributed by atoms with Crippen molar-refractivity contribution in [2.75, 3.05) is 24.7 Å².